The van der Waals surface area contributed by atoms with Gasteiger partial charge in [-0.15, -0.1) is 11.8 Å². The van der Waals surface area contributed by atoms with E-state index < -0.39 is 11.6 Å². The normalized spacial score (nSPS) is 12.8. The Hall–Kier alpha value is -0.650. The van der Waals surface area contributed by atoms with Gasteiger partial charge in [-0.25, -0.2) is 8.78 Å². The van der Waals surface area contributed by atoms with Crippen LogP contribution in [0.3, 0.4) is 0 Å². The summed E-state index contributed by atoms with van der Waals surface area (Å²) >= 11 is 1.25. The highest BCUT2D eigenvalue weighted by molar-refractivity contribution is 7.99. The number of rotatable bonds is 6. The van der Waals surface area contributed by atoms with Crippen LogP contribution in [-0.4, -0.2) is 30.6 Å². The van der Waals surface area contributed by atoms with Crippen LogP contribution < -0.4 is 5.32 Å². The molecule has 0 heterocycles. The molecule has 0 aliphatic rings. The first-order chi connectivity index (χ1) is 7.67. The number of hydrogen-bond donors (Lipinski definition) is 2. The second kappa shape index (κ2) is 6.83. The van der Waals surface area contributed by atoms with Crippen LogP contribution in [0.15, 0.2) is 23.1 Å². The smallest absolute Gasteiger partial charge is 0.136 e. The average molecular weight is 247 g/mol. The van der Waals surface area contributed by atoms with Gasteiger partial charge in [0, 0.05) is 23.3 Å². The predicted molar refractivity (Wildman–Crippen MR) is 61.6 cm³/mol. The highest BCUT2D eigenvalue weighted by Crippen LogP contribution is 2.23. The zero-order valence-electron chi connectivity index (χ0n) is 9.04. The lowest BCUT2D eigenvalue weighted by molar-refractivity contribution is 0.273. The summed E-state index contributed by atoms with van der Waals surface area (Å²) in [6.45, 7) is 0.0811. The van der Waals surface area contributed by atoms with Crippen LogP contribution in [0.2, 0.25) is 0 Å². The van der Waals surface area contributed by atoms with E-state index in [-0.39, 0.29) is 12.6 Å². The van der Waals surface area contributed by atoms with E-state index in [1.807, 2.05) is 0 Å². The van der Waals surface area contributed by atoms with Crippen LogP contribution in [0.1, 0.15) is 6.42 Å². The molecule has 1 rings (SSSR count). The largest absolute Gasteiger partial charge is 0.396 e. The monoisotopic (exact) mass is 247 g/mol. The molecule has 1 aromatic rings. The van der Waals surface area contributed by atoms with E-state index in [1.165, 1.54) is 17.8 Å². The fraction of sp³-hybridized carbons (Fsp3) is 0.455. The molecule has 0 amide bonds. The second-order valence-corrected chi connectivity index (χ2v) is 4.45. The molecule has 0 bridgehead atoms. The molecular weight excluding hydrogens is 232 g/mol. The van der Waals surface area contributed by atoms with E-state index in [0.717, 1.165) is 12.1 Å². The number of nitrogens with one attached hydrogen (secondary N) is 1. The van der Waals surface area contributed by atoms with Crippen molar-refractivity contribution in [1.82, 2.24) is 5.32 Å². The molecule has 90 valence electrons. The third-order valence-electron chi connectivity index (χ3n) is 2.22. The third-order valence-corrected chi connectivity index (χ3v) is 3.41. The van der Waals surface area contributed by atoms with Crippen LogP contribution in [-0.2, 0) is 0 Å². The van der Waals surface area contributed by atoms with Crippen molar-refractivity contribution in [3.05, 3.63) is 29.8 Å². The lowest BCUT2D eigenvalue weighted by atomic mass is 10.2. The summed E-state index contributed by atoms with van der Waals surface area (Å²) in [5.41, 5.74) is 0. The van der Waals surface area contributed by atoms with Crippen molar-refractivity contribution in [3.8, 4) is 0 Å². The van der Waals surface area contributed by atoms with Crippen molar-refractivity contribution >= 4 is 11.8 Å². The Balaban J connectivity index is 2.55. The maximum absolute atomic E-state index is 13.3. The van der Waals surface area contributed by atoms with Crippen molar-refractivity contribution in [2.45, 2.75) is 17.4 Å². The first-order valence-electron chi connectivity index (χ1n) is 5.03. The lowest BCUT2D eigenvalue weighted by Gasteiger charge is -2.14. The number of thioether (sulfide) groups is 1. The molecule has 0 radical (unpaired) electrons. The van der Waals surface area contributed by atoms with Gasteiger partial charge in [0.2, 0.25) is 0 Å². The SMILES string of the molecule is CNC(CCO)CSc1cc(F)ccc1F. The predicted octanol–water partition coefficient (Wildman–Crippen LogP) is 2.03. The summed E-state index contributed by atoms with van der Waals surface area (Å²) < 4.78 is 26.1. The van der Waals surface area contributed by atoms with Gasteiger partial charge in [0.25, 0.3) is 0 Å². The fourth-order valence-electron chi connectivity index (χ4n) is 1.25. The Morgan fingerprint density at radius 3 is 2.81 bits per heavy atom. The number of benzene rings is 1. The van der Waals surface area contributed by atoms with Crippen molar-refractivity contribution in [2.75, 3.05) is 19.4 Å². The van der Waals surface area contributed by atoms with Crippen LogP contribution >= 0.6 is 11.8 Å². The van der Waals surface area contributed by atoms with Crippen molar-refractivity contribution in [2.24, 2.45) is 0 Å². The molecule has 0 aromatic heterocycles. The van der Waals surface area contributed by atoms with Gasteiger partial charge >= 0.3 is 0 Å². The zero-order valence-corrected chi connectivity index (χ0v) is 9.86. The van der Waals surface area contributed by atoms with Gasteiger partial charge in [-0.05, 0) is 31.7 Å². The minimum absolute atomic E-state index is 0.0811. The van der Waals surface area contributed by atoms with Crippen LogP contribution in [0, 0.1) is 11.6 Å². The average Bonchev–Trinajstić information content (AvgIpc) is 2.28. The first kappa shape index (κ1) is 13.4. The summed E-state index contributed by atoms with van der Waals surface area (Å²) in [5, 5.41) is 11.8. The zero-order chi connectivity index (χ0) is 12.0. The molecule has 2 nitrogen and oxygen atoms in total. The maximum atomic E-state index is 13.3. The minimum Gasteiger partial charge on any atom is -0.396 e. The van der Waals surface area contributed by atoms with E-state index >= 15 is 0 Å². The molecule has 5 heteroatoms. The van der Waals surface area contributed by atoms with Crippen molar-refractivity contribution in [1.29, 1.82) is 0 Å². The van der Waals surface area contributed by atoms with E-state index in [4.69, 9.17) is 5.11 Å². The van der Waals surface area contributed by atoms with Crippen molar-refractivity contribution < 1.29 is 13.9 Å². The van der Waals surface area contributed by atoms with Gasteiger partial charge in [-0.3, -0.25) is 0 Å². The molecule has 2 N–H and O–H groups in total. The van der Waals surface area contributed by atoms with Crippen LogP contribution in [0.5, 0.6) is 0 Å². The van der Waals surface area contributed by atoms with E-state index in [9.17, 15) is 8.78 Å². The van der Waals surface area contributed by atoms with Gasteiger partial charge in [0.05, 0.1) is 0 Å². The Morgan fingerprint density at radius 1 is 1.44 bits per heavy atom. The molecule has 1 unspecified atom stereocenters. The standard InChI is InChI=1S/C11H15F2NOS/c1-14-9(4-5-15)7-16-11-6-8(12)2-3-10(11)13/h2-3,6,9,14-15H,4-5,7H2,1H3. The van der Waals surface area contributed by atoms with E-state index in [0.29, 0.717) is 17.1 Å². The van der Waals surface area contributed by atoms with Gasteiger partial charge in [0.1, 0.15) is 11.6 Å². The Labute approximate surface area is 98.1 Å². The summed E-state index contributed by atoms with van der Waals surface area (Å²) in [6.07, 6.45) is 0.598. The molecule has 0 saturated carbocycles. The quantitative estimate of drug-likeness (QED) is 0.754. The lowest BCUT2D eigenvalue weighted by Crippen LogP contribution is -2.28. The summed E-state index contributed by atoms with van der Waals surface area (Å²) in [6, 6.07) is 3.50. The Bertz CT molecular complexity index is 336. The van der Waals surface area contributed by atoms with Gasteiger partial charge in [-0.2, -0.15) is 0 Å². The highest BCUT2D eigenvalue weighted by atomic mass is 32.2. The topological polar surface area (TPSA) is 32.3 Å². The van der Waals surface area contributed by atoms with Gasteiger partial charge < -0.3 is 10.4 Å². The van der Waals surface area contributed by atoms with Gasteiger partial charge in [-0.1, -0.05) is 0 Å². The summed E-state index contributed by atoms with van der Waals surface area (Å²) in [5.74, 6) is -0.255. The van der Waals surface area contributed by atoms with Crippen molar-refractivity contribution in [3.63, 3.8) is 0 Å². The maximum Gasteiger partial charge on any atom is 0.136 e. The molecule has 16 heavy (non-hydrogen) atoms. The first-order valence-corrected chi connectivity index (χ1v) is 6.02. The molecular formula is C11H15F2NOS. The third kappa shape index (κ3) is 4.08. The summed E-state index contributed by atoms with van der Waals surface area (Å²) in [4.78, 5) is 0.304. The summed E-state index contributed by atoms with van der Waals surface area (Å²) in [7, 11) is 1.78. The molecule has 0 fully saturated rings. The van der Waals surface area contributed by atoms with Crippen LogP contribution in [0.4, 0.5) is 8.78 Å². The van der Waals surface area contributed by atoms with Crippen LogP contribution in [0.25, 0.3) is 0 Å². The highest BCUT2D eigenvalue weighted by Gasteiger charge is 2.09. The van der Waals surface area contributed by atoms with E-state index in [2.05, 4.69) is 5.32 Å². The number of hydrogen-bond acceptors (Lipinski definition) is 3. The Kier molecular flexibility index (Phi) is 5.73. The molecule has 1 atom stereocenters. The second-order valence-electron chi connectivity index (χ2n) is 3.38. The minimum atomic E-state index is -0.438. The number of aliphatic hydroxyl groups is 1. The molecule has 0 aliphatic carbocycles. The molecule has 0 saturated heterocycles. The number of aliphatic hydroxyl groups excluding tert-OH is 1. The van der Waals surface area contributed by atoms with E-state index in [1.54, 1.807) is 7.05 Å². The molecule has 0 spiro atoms. The fourth-order valence-corrected chi connectivity index (χ4v) is 2.36. The number of halogens is 2. The molecule has 1 aromatic carbocycles. The van der Waals surface area contributed by atoms with Gasteiger partial charge in [0.15, 0.2) is 0 Å². The molecule has 0 aliphatic heterocycles. The Morgan fingerprint density at radius 2 is 2.19 bits per heavy atom.